The Balaban J connectivity index is 1.50. The average Bonchev–Trinajstić information content (AvgIpc) is 3.33. The van der Waals surface area contributed by atoms with Gasteiger partial charge in [-0.3, -0.25) is 4.68 Å². The summed E-state index contributed by atoms with van der Waals surface area (Å²) in [6.07, 6.45) is 4.20. The van der Waals surface area contributed by atoms with Crippen molar-refractivity contribution < 1.29 is 0 Å². The van der Waals surface area contributed by atoms with Crippen LogP contribution in [0.15, 0.2) is 48.0 Å². The minimum Gasteiger partial charge on any atom is -0.357 e. The molecule has 0 aliphatic heterocycles. The summed E-state index contributed by atoms with van der Waals surface area (Å²) in [7, 11) is 0. The van der Waals surface area contributed by atoms with E-state index in [1.54, 1.807) is 11.0 Å². The molecule has 0 aliphatic carbocycles. The van der Waals surface area contributed by atoms with Crippen LogP contribution >= 0.6 is 0 Å². The van der Waals surface area contributed by atoms with Gasteiger partial charge >= 0.3 is 0 Å². The molecule has 1 aromatic carbocycles. The maximum absolute atomic E-state index is 4.68. The Labute approximate surface area is 165 Å². The van der Waals surface area contributed by atoms with E-state index in [1.165, 1.54) is 12.0 Å². The summed E-state index contributed by atoms with van der Waals surface area (Å²) >= 11 is 0. The first-order chi connectivity index (χ1) is 13.7. The van der Waals surface area contributed by atoms with E-state index in [0.29, 0.717) is 6.54 Å². The average molecular weight is 381 g/mol. The third-order valence-electron chi connectivity index (χ3n) is 4.33. The van der Waals surface area contributed by atoms with E-state index in [1.807, 2.05) is 19.1 Å². The van der Waals surface area contributed by atoms with Gasteiger partial charge in [0.15, 0.2) is 5.96 Å². The summed E-state index contributed by atoms with van der Waals surface area (Å²) in [4.78, 5) is 8.65. The van der Waals surface area contributed by atoms with Gasteiger partial charge in [-0.1, -0.05) is 12.1 Å². The number of aromatic nitrogens is 5. The molecule has 0 radical (unpaired) electrons. The summed E-state index contributed by atoms with van der Waals surface area (Å²) in [5, 5.41) is 15.3. The van der Waals surface area contributed by atoms with Crippen LogP contribution in [0.3, 0.4) is 0 Å². The van der Waals surface area contributed by atoms with E-state index in [4.69, 9.17) is 0 Å². The second-order valence-corrected chi connectivity index (χ2v) is 6.63. The minimum atomic E-state index is 0.616. The standard InChI is InChI=1S/C20H28N8/c1-4-22-20(23-10-5-11-27-17(3)12-16(2)26-27)24-13-18-6-8-19(9-7-18)28-15-21-14-25-28/h6-9,12,14-15H,4-5,10-11,13H2,1-3H3,(H2,22,23,24). The molecule has 0 atom stereocenters. The fourth-order valence-corrected chi connectivity index (χ4v) is 2.94. The highest BCUT2D eigenvalue weighted by molar-refractivity contribution is 5.79. The molecule has 0 spiro atoms. The van der Waals surface area contributed by atoms with Gasteiger partial charge in [0.25, 0.3) is 0 Å². The van der Waals surface area contributed by atoms with E-state index >= 15 is 0 Å². The van der Waals surface area contributed by atoms with Crippen molar-refractivity contribution in [2.75, 3.05) is 13.1 Å². The van der Waals surface area contributed by atoms with Crippen LogP contribution in [-0.4, -0.2) is 43.6 Å². The molecule has 0 fully saturated rings. The van der Waals surface area contributed by atoms with Gasteiger partial charge in [0.1, 0.15) is 12.7 Å². The van der Waals surface area contributed by atoms with E-state index in [-0.39, 0.29) is 0 Å². The fraction of sp³-hybridized carbons (Fsp3) is 0.400. The van der Waals surface area contributed by atoms with Crippen LogP contribution in [0.4, 0.5) is 0 Å². The van der Waals surface area contributed by atoms with Crippen LogP contribution < -0.4 is 10.6 Å². The Bertz CT molecular complexity index is 878. The second-order valence-electron chi connectivity index (χ2n) is 6.63. The van der Waals surface area contributed by atoms with Crippen LogP contribution in [0.25, 0.3) is 5.69 Å². The quantitative estimate of drug-likeness (QED) is 0.356. The molecular weight excluding hydrogens is 352 g/mol. The summed E-state index contributed by atoms with van der Waals surface area (Å²) in [5.41, 5.74) is 4.39. The molecule has 148 valence electrons. The number of aliphatic imine (C=N–C) groups is 1. The molecule has 0 unspecified atom stereocenters. The first-order valence-corrected chi connectivity index (χ1v) is 9.63. The van der Waals surface area contributed by atoms with Crippen molar-refractivity contribution in [1.82, 2.24) is 35.2 Å². The highest BCUT2D eigenvalue weighted by Crippen LogP contribution is 2.09. The van der Waals surface area contributed by atoms with Gasteiger partial charge in [-0.05, 0) is 51.0 Å². The summed E-state index contributed by atoms with van der Waals surface area (Å²) < 4.78 is 3.79. The lowest BCUT2D eigenvalue weighted by atomic mass is 10.2. The Kier molecular flexibility index (Phi) is 6.78. The number of nitrogens with zero attached hydrogens (tertiary/aromatic N) is 6. The molecule has 0 bridgehead atoms. The molecule has 8 nitrogen and oxygen atoms in total. The number of rotatable bonds is 8. The number of guanidine groups is 1. The lowest BCUT2D eigenvalue weighted by Crippen LogP contribution is -2.38. The zero-order chi connectivity index (χ0) is 19.8. The number of hydrogen-bond acceptors (Lipinski definition) is 4. The van der Waals surface area contributed by atoms with Gasteiger partial charge < -0.3 is 10.6 Å². The molecule has 8 heteroatoms. The Morgan fingerprint density at radius 2 is 1.96 bits per heavy atom. The topological polar surface area (TPSA) is 85.0 Å². The van der Waals surface area contributed by atoms with Crippen molar-refractivity contribution in [3.8, 4) is 5.69 Å². The zero-order valence-electron chi connectivity index (χ0n) is 16.8. The number of benzene rings is 1. The summed E-state index contributed by atoms with van der Waals surface area (Å²) in [6.45, 7) is 9.37. The first-order valence-electron chi connectivity index (χ1n) is 9.63. The molecular formula is C20H28N8. The molecule has 0 amide bonds. The third-order valence-corrected chi connectivity index (χ3v) is 4.33. The monoisotopic (exact) mass is 380 g/mol. The molecule has 0 aliphatic rings. The Hall–Kier alpha value is -3.16. The van der Waals surface area contributed by atoms with Gasteiger partial charge in [0.2, 0.25) is 0 Å². The molecule has 28 heavy (non-hydrogen) atoms. The number of nitrogens with one attached hydrogen (secondary N) is 2. The summed E-state index contributed by atoms with van der Waals surface area (Å²) in [5.74, 6) is 0.830. The molecule has 3 aromatic rings. The van der Waals surface area contributed by atoms with Crippen LogP contribution in [0.1, 0.15) is 30.3 Å². The maximum atomic E-state index is 4.68. The van der Waals surface area contributed by atoms with E-state index in [0.717, 1.165) is 49.0 Å². The molecule has 0 saturated carbocycles. The van der Waals surface area contributed by atoms with Gasteiger partial charge in [0.05, 0.1) is 17.9 Å². The van der Waals surface area contributed by atoms with Crippen LogP contribution in [-0.2, 0) is 13.1 Å². The minimum absolute atomic E-state index is 0.616. The molecule has 2 heterocycles. The fourth-order valence-electron chi connectivity index (χ4n) is 2.94. The molecule has 0 saturated heterocycles. The molecule has 2 aromatic heterocycles. The highest BCUT2D eigenvalue weighted by atomic mass is 15.3. The van der Waals surface area contributed by atoms with Gasteiger partial charge in [-0.15, -0.1) is 0 Å². The lowest BCUT2D eigenvalue weighted by molar-refractivity contribution is 0.555. The predicted molar refractivity (Wildman–Crippen MR) is 110 cm³/mol. The van der Waals surface area contributed by atoms with Crippen LogP contribution in [0, 0.1) is 13.8 Å². The third kappa shape index (κ3) is 5.42. The van der Waals surface area contributed by atoms with Crippen molar-refractivity contribution in [3.05, 3.63) is 59.9 Å². The Morgan fingerprint density at radius 3 is 2.61 bits per heavy atom. The van der Waals surface area contributed by atoms with Crippen LogP contribution in [0.5, 0.6) is 0 Å². The Morgan fingerprint density at radius 1 is 1.14 bits per heavy atom. The van der Waals surface area contributed by atoms with E-state index in [2.05, 4.69) is 67.5 Å². The first kappa shape index (κ1) is 19.6. The predicted octanol–water partition coefficient (Wildman–Crippen LogP) is 2.23. The van der Waals surface area contributed by atoms with Crippen LogP contribution in [0.2, 0.25) is 0 Å². The number of hydrogen-bond donors (Lipinski definition) is 2. The lowest BCUT2D eigenvalue weighted by Gasteiger charge is -2.12. The van der Waals surface area contributed by atoms with Crippen molar-refractivity contribution in [3.63, 3.8) is 0 Å². The zero-order valence-corrected chi connectivity index (χ0v) is 16.8. The summed E-state index contributed by atoms with van der Waals surface area (Å²) in [6, 6.07) is 10.3. The normalized spacial score (nSPS) is 11.6. The van der Waals surface area contributed by atoms with Gasteiger partial charge in [-0.2, -0.15) is 10.2 Å². The van der Waals surface area contributed by atoms with Gasteiger partial charge in [-0.25, -0.2) is 14.7 Å². The van der Waals surface area contributed by atoms with Gasteiger partial charge in [0, 0.05) is 25.3 Å². The maximum Gasteiger partial charge on any atom is 0.191 e. The number of aryl methyl sites for hydroxylation is 3. The smallest absolute Gasteiger partial charge is 0.191 e. The molecule has 2 N–H and O–H groups in total. The van der Waals surface area contributed by atoms with Crippen molar-refractivity contribution in [2.24, 2.45) is 4.99 Å². The van der Waals surface area contributed by atoms with E-state index < -0.39 is 0 Å². The van der Waals surface area contributed by atoms with Crippen molar-refractivity contribution in [1.29, 1.82) is 0 Å². The van der Waals surface area contributed by atoms with Crippen molar-refractivity contribution >= 4 is 5.96 Å². The second kappa shape index (κ2) is 9.68. The largest absolute Gasteiger partial charge is 0.357 e. The van der Waals surface area contributed by atoms with Crippen molar-refractivity contribution in [2.45, 2.75) is 40.3 Å². The molecule has 3 rings (SSSR count). The highest BCUT2D eigenvalue weighted by Gasteiger charge is 2.02. The SMILES string of the molecule is CCNC(=NCc1ccc(-n2cncn2)cc1)NCCCn1nc(C)cc1C. The van der Waals surface area contributed by atoms with E-state index in [9.17, 15) is 0 Å².